The summed E-state index contributed by atoms with van der Waals surface area (Å²) in [4.78, 5) is 26.8. The fraction of sp³-hybridized carbons (Fsp3) is 0.263. The van der Waals surface area contributed by atoms with Gasteiger partial charge in [-0.05, 0) is 31.0 Å². The Morgan fingerprint density at radius 1 is 1.22 bits per heavy atom. The van der Waals surface area contributed by atoms with E-state index in [2.05, 4.69) is 25.1 Å². The Kier molecular flexibility index (Phi) is 3.82. The van der Waals surface area contributed by atoms with Crippen LogP contribution in [-0.2, 0) is 0 Å². The number of nitrogens with zero attached hydrogens (tertiary/aromatic N) is 4. The largest absolute Gasteiger partial charge is 0.350 e. The molecule has 3 aromatic heterocycles. The third kappa shape index (κ3) is 2.84. The molecule has 8 heteroatoms. The molecule has 27 heavy (non-hydrogen) atoms. The van der Waals surface area contributed by atoms with Gasteiger partial charge in [0.05, 0.1) is 5.69 Å². The SMILES string of the molecule is O=C(c1cc2ccc(Cl)cc2[nH]1)N1CCCC(c2[nH]nc3nccnc23)C1. The minimum atomic E-state index is 0.00178. The van der Waals surface area contributed by atoms with Gasteiger partial charge in [0.2, 0.25) is 0 Å². The third-order valence-corrected chi connectivity index (χ3v) is 5.38. The van der Waals surface area contributed by atoms with Crippen molar-refractivity contribution in [2.45, 2.75) is 18.8 Å². The number of amides is 1. The van der Waals surface area contributed by atoms with E-state index < -0.39 is 0 Å². The van der Waals surface area contributed by atoms with Crippen LogP contribution in [0, 0.1) is 0 Å². The minimum absolute atomic E-state index is 0.00178. The molecule has 0 radical (unpaired) electrons. The molecular weight excluding hydrogens is 364 g/mol. The van der Waals surface area contributed by atoms with Gasteiger partial charge >= 0.3 is 0 Å². The van der Waals surface area contributed by atoms with Gasteiger partial charge in [0, 0.05) is 47.3 Å². The van der Waals surface area contributed by atoms with E-state index in [1.54, 1.807) is 12.4 Å². The van der Waals surface area contributed by atoms with Crippen molar-refractivity contribution in [1.29, 1.82) is 0 Å². The molecule has 4 aromatic rings. The summed E-state index contributed by atoms with van der Waals surface area (Å²) in [5.74, 6) is 0.171. The highest BCUT2D eigenvalue weighted by molar-refractivity contribution is 6.31. The van der Waals surface area contributed by atoms with E-state index in [1.807, 2.05) is 29.2 Å². The number of likely N-dealkylation sites (tertiary alicyclic amines) is 1. The van der Waals surface area contributed by atoms with Crippen LogP contribution < -0.4 is 0 Å². The molecule has 7 nitrogen and oxygen atoms in total. The van der Waals surface area contributed by atoms with E-state index in [1.165, 1.54) is 0 Å². The fourth-order valence-corrected chi connectivity index (χ4v) is 4.01. The van der Waals surface area contributed by atoms with E-state index in [-0.39, 0.29) is 11.8 Å². The Morgan fingerprint density at radius 2 is 2.11 bits per heavy atom. The van der Waals surface area contributed by atoms with Crippen molar-refractivity contribution in [1.82, 2.24) is 30.0 Å². The van der Waals surface area contributed by atoms with Gasteiger partial charge in [-0.2, -0.15) is 5.10 Å². The van der Waals surface area contributed by atoms with Crippen LogP contribution in [0.25, 0.3) is 22.1 Å². The van der Waals surface area contributed by atoms with E-state index in [0.717, 1.165) is 41.5 Å². The standard InChI is InChI=1S/C19H17ClN6O/c20-13-4-3-11-8-15(23-14(11)9-13)19(27)26-7-1-2-12(10-26)16-17-18(25-24-16)22-6-5-21-17/h3-6,8-9,12,23H,1-2,7,10H2,(H,22,24,25). The molecular formula is C19H17ClN6O. The second-order valence-electron chi connectivity index (χ2n) is 6.87. The van der Waals surface area contributed by atoms with Gasteiger partial charge in [0.15, 0.2) is 5.65 Å². The predicted octanol–water partition coefficient (Wildman–Crippen LogP) is 3.51. The maximum absolute atomic E-state index is 13.0. The summed E-state index contributed by atoms with van der Waals surface area (Å²) in [6, 6.07) is 7.46. The number of nitrogens with one attached hydrogen (secondary N) is 2. The summed E-state index contributed by atoms with van der Waals surface area (Å²) in [7, 11) is 0. The lowest BCUT2D eigenvalue weighted by atomic mass is 9.94. The average Bonchev–Trinajstić information content (AvgIpc) is 3.31. The van der Waals surface area contributed by atoms with Gasteiger partial charge in [-0.15, -0.1) is 0 Å². The van der Waals surface area contributed by atoms with Crippen LogP contribution >= 0.6 is 11.6 Å². The van der Waals surface area contributed by atoms with E-state index in [4.69, 9.17) is 11.6 Å². The molecule has 136 valence electrons. The van der Waals surface area contributed by atoms with Crippen LogP contribution in [0.3, 0.4) is 0 Å². The smallest absolute Gasteiger partial charge is 0.270 e. The van der Waals surface area contributed by atoms with Crippen LogP contribution in [0.5, 0.6) is 0 Å². The zero-order valence-electron chi connectivity index (χ0n) is 14.4. The molecule has 1 saturated heterocycles. The van der Waals surface area contributed by atoms with E-state index >= 15 is 0 Å². The summed E-state index contributed by atoms with van der Waals surface area (Å²) >= 11 is 6.04. The number of carbonyl (C=O) groups is 1. The molecule has 1 atom stereocenters. The highest BCUT2D eigenvalue weighted by Crippen LogP contribution is 2.30. The van der Waals surface area contributed by atoms with Crippen LogP contribution in [0.1, 0.15) is 34.9 Å². The first-order valence-electron chi connectivity index (χ1n) is 8.91. The number of halogens is 1. The highest BCUT2D eigenvalue weighted by Gasteiger charge is 2.29. The van der Waals surface area contributed by atoms with Crippen molar-refractivity contribution in [3.8, 4) is 0 Å². The van der Waals surface area contributed by atoms with Crippen LogP contribution in [-0.4, -0.2) is 49.0 Å². The van der Waals surface area contributed by atoms with Crippen molar-refractivity contribution in [3.05, 3.63) is 53.1 Å². The molecule has 1 amide bonds. The first kappa shape index (κ1) is 16.3. The number of hydrogen-bond donors (Lipinski definition) is 2. The lowest BCUT2D eigenvalue weighted by molar-refractivity contribution is 0.0701. The topological polar surface area (TPSA) is 90.6 Å². The maximum Gasteiger partial charge on any atom is 0.270 e. The number of benzene rings is 1. The Hall–Kier alpha value is -2.93. The Bertz CT molecular complexity index is 1150. The summed E-state index contributed by atoms with van der Waals surface area (Å²) in [5, 5.41) is 8.94. The lowest BCUT2D eigenvalue weighted by Gasteiger charge is -2.32. The lowest BCUT2D eigenvalue weighted by Crippen LogP contribution is -2.39. The van der Waals surface area contributed by atoms with Crippen LogP contribution in [0.2, 0.25) is 5.02 Å². The maximum atomic E-state index is 13.0. The monoisotopic (exact) mass is 380 g/mol. The summed E-state index contributed by atoms with van der Waals surface area (Å²) < 4.78 is 0. The number of hydrogen-bond acceptors (Lipinski definition) is 4. The molecule has 0 spiro atoms. The van der Waals surface area contributed by atoms with Gasteiger partial charge in [-0.1, -0.05) is 17.7 Å². The summed E-state index contributed by atoms with van der Waals surface area (Å²) in [5.41, 5.74) is 3.82. The fourth-order valence-electron chi connectivity index (χ4n) is 3.84. The number of rotatable bonds is 2. The predicted molar refractivity (Wildman–Crippen MR) is 103 cm³/mol. The molecule has 0 bridgehead atoms. The normalized spacial score (nSPS) is 17.7. The summed E-state index contributed by atoms with van der Waals surface area (Å²) in [6.07, 6.45) is 5.22. The molecule has 0 aliphatic carbocycles. The van der Waals surface area contributed by atoms with Gasteiger partial charge in [0.25, 0.3) is 5.91 Å². The van der Waals surface area contributed by atoms with E-state index in [9.17, 15) is 4.79 Å². The van der Waals surface area contributed by atoms with Crippen molar-refractivity contribution >= 4 is 39.6 Å². The van der Waals surface area contributed by atoms with Crippen molar-refractivity contribution in [3.63, 3.8) is 0 Å². The van der Waals surface area contributed by atoms with Crippen LogP contribution in [0.4, 0.5) is 0 Å². The van der Waals surface area contributed by atoms with Gasteiger partial charge in [-0.25, -0.2) is 9.97 Å². The second kappa shape index (κ2) is 6.35. The number of fused-ring (bicyclic) bond motifs is 2. The molecule has 1 fully saturated rings. The van der Waals surface area contributed by atoms with E-state index in [0.29, 0.717) is 22.9 Å². The van der Waals surface area contributed by atoms with Gasteiger partial charge in [-0.3, -0.25) is 9.89 Å². The molecule has 1 aliphatic heterocycles. The van der Waals surface area contributed by atoms with Crippen molar-refractivity contribution in [2.24, 2.45) is 0 Å². The first-order valence-corrected chi connectivity index (χ1v) is 9.29. The van der Waals surface area contributed by atoms with Crippen molar-refractivity contribution < 1.29 is 4.79 Å². The number of piperidine rings is 1. The van der Waals surface area contributed by atoms with Crippen molar-refractivity contribution in [2.75, 3.05) is 13.1 Å². The second-order valence-corrected chi connectivity index (χ2v) is 7.31. The number of aromatic amines is 2. The molecule has 5 rings (SSSR count). The Balaban J connectivity index is 1.42. The molecule has 2 N–H and O–H groups in total. The molecule has 0 saturated carbocycles. The van der Waals surface area contributed by atoms with Crippen LogP contribution in [0.15, 0.2) is 36.7 Å². The molecule has 1 aromatic carbocycles. The Morgan fingerprint density at radius 3 is 3.04 bits per heavy atom. The first-order chi connectivity index (χ1) is 13.2. The van der Waals surface area contributed by atoms with Gasteiger partial charge < -0.3 is 9.88 Å². The molecule has 1 unspecified atom stereocenters. The Labute approximate surface area is 159 Å². The zero-order chi connectivity index (χ0) is 18.4. The van der Waals surface area contributed by atoms with Gasteiger partial charge in [0.1, 0.15) is 11.2 Å². The number of H-pyrrole nitrogens is 2. The minimum Gasteiger partial charge on any atom is -0.350 e. The summed E-state index contributed by atoms with van der Waals surface area (Å²) in [6.45, 7) is 1.37. The number of aromatic nitrogens is 5. The quantitative estimate of drug-likeness (QED) is 0.556. The molecule has 1 aliphatic rings. The third-order valence-electron chi connectivity index (χ3n) is 5.15. The zero-order valence-corrected chi connectivity index (χ0v) is 15.2. The number of carbonyl (C=O) groups excluding carboxylic acids is 1. The molecule has 4 heterocycles. The average molecular weight is 381 g/mol. The highest BCUT2D eigenvalue weighted by atomic mass is 35.5.